The molecule has 1 heterocycles. The summed E-state index contributed by atoms with van der Waals surface area (Å²) < 4.78 is 36.9. The van der Waals surface area contributed by atoms with Crippen LogP contribution >= 0.6 is 12.4 Å². The van der Waals surface area contributed by atoms with Crippen LogP contribution in [0.2, 0.25) is 0 Å². The van der Waals surface area contributed by atoms with Gasteiger partial charge in [0, 0.05) is 25.6 Å². The fourth-order valence-corrected chi connectivity index (χ4v) is 3.49. The molecule has 1 aromatic rings. The summed E-state index contributed by atoms with van der Waals surface area (Å²) in [6.07, 6.45) is -0.587. The molecular weight excluding hydrogens is 331 g/mol. The van der Waals surface area contributed by atoms with Crippen molar-refractivity contribution in [3.63, 3.8) is 0 Å². The van der Waals surface area contributed by atoms with Gasteiger partial charge in [0.2, 0.25) is 5.91 Å². The van der Waals surface area contributed by atoms with E-state index < -0.39 is 16.0 Å². The summed E-state index contributed by atoms with van der Waals surface area (Å²) in [4.78, 5) is 11.9. The highest BCUT2D eigenvalue weighted by atomic mass is 35.5. The third-order valence-corrected chi connectivity index (χ3v) is 5.15. The van der Waals surface area contributed by atoms with E-state index in [1.807, 2.05) is 0 Å². The van der Waals surface area contributed by atoms with E-state index in [9.17, 15) is 17.6 Å². The summed E-state index contributed by atoms with van der Waals surface area (Å²) >= 11 is 0. The van der Waals surface area contributed by atoms with E-state index in [1.165, 1.54) is 12.1 Å². The zero-order chi connectivity index (χ0) is 15.3. The van der Waals surface area contributed by atoms with Gasteiger partial charge in [-0.3, -0.25) is 4.79 Å². The summed E-state index contributed by atoms with van der Waals surface area (Å²) in [7, 11) is -3.44. The maximum absolute atomic E-state index is 12.9. The lowest BCUT2D eigenvalue weighted by molar-refractivity contribution is -0.120. The van der Waals surface area contributed by atoms with Crippen molar-refractivity contribution in [3.05, 3.63) is 30.3 Å². The van der Waals surface area contributed by atoms with Crippen LogP contribution in [0.5, 0.6) is 0 Å². The van der Waals surface area contributed by atoms with Gasteiger partial charge in [-0.2, -0.15) is 0 Å². The molecule has 8 heteroatoms. The lowest BCUT2D eigenvalue weighted by Crippen LogP contribution is -2.37. The van der Waals surface area contributed by atoms with Gasteiger partial charge in [-0.15, -0.1) is 12.4 Å². The van der Waals surface area contributed by atoms with Crippen molar-refractivity contribution in [2.24, 2.45) is 0 Å². The average molecular weight is 351 g/mol. The number of hydrogen-bond acceptors (Lipinski definition) is 4. The van der Waals surface area contributed by atoms with E-state index in [2.05, 4.69) is 10.6 Å². The minimum absolute atomic E-state index is 0. The monoisotopic (exact) mass is 350 g/mol. The second kappa shape index (κ2) is 8.45. The van der Waals surface area contributed by atoms with Crippen LogP contribution in [0.15, 0.2) is 35.2 Å². The molecule has 2 rings (SSSR count). The van der Waals surface area contributed by atoms with Crippen LogP contribution in [0.1, 0.15) is 12.8 Å². The summed E-state index contributed by atoms with van der Waals surface area (Å²) in [5, 5.41) is 5.59. The number of rotatable bonds is 6. The normalized spacial score (nSPS) is 21.1. The Labute approximate surface area is 136 Å². The van der Waals surface area contributed by atoms with Crippen molar-refractivity contribution in [2.75, 3.05) is 18.8 Å². The van der Waals surface area contributed by atoms with Crippen LogP contribution in [-0.2, 0) is 14.6 Å². The average Bonchev–Trinajstić information content (AvgIpc) is 2.90. The number of carbonyl (C=O) groups is 1. The number of benzene rings is 1. The van der Waals surface area contributed by atoms with Crippen molar-refractivity contribution in [2.45, 2.75) is 30.0 Å². The summed E-state index contributed by atoms with van der Waals surface area (Å²) in [5.74, 6) is -0.564. The molecule has 1 aliphatic heterocycles. The first-order chi connectivity index (χ1) is 9.97. The molecule has 124 valence electrons. The number of alkyl halides is 1. The molecule has 1 saturated heterocycles. The Balaban J connectivity index is 0.00000242. The van der Waals surface area contributed by atoms with Crippen LogP contribution in [0.3, 0.4) is 0 Å². The number of amides is 1. The number of carbonyl (C=O) groups excluding carboxylic acids is 1. The first kappa shape index (κ1) is 18.9. The fourth-order valence-electron chi connectivity index (χ4n) is 2.22. The molecule has 0 bridgehead atoms. The van der Waals surface area contributed by atoms with Gasteiger partial charge >= 0.3 is 0 Å². The predicted molar refractivity (Wildman–Crippen MR) is 84.7 cm³/mol. The second-order valence-electron chi connectivity index (χ2n) is 5.12. The van der Waals surface area contributed by atoms with Crippen molar-refractivity contribution < 1.29 is 17.6 Å². The molecule has 2 N–H and O–H groups in total. The Bertz CT molecular complexity index is 583. The maximum atomic E-state index is 12.9. The molecule has 1 aliphatic rings. The highest BCUT2D eigenvalue weighted by molar-refractivity contribution is 7.91. The molecule has 1 fully saturated rings. The van der Waals surface area contributed by atoms with Crippen LogP contribution in [0, 0.1) is 0 Å². The number of hydrogen-bond donors (Lipinski definition) is 2. The van der Waals surface area contributed by atoms with E-state index in [0.29, 0.717) is 19.5 Å². The molecule has 0 radical (unpaired) electrons. The van der Waals surface area contributed by atoms with Crippen molar-refractivity contribution in [1.82, 2.24) is 10.6 Å². The molecule has 1 amide bonds. The van der Waals surface area contributed by atoms with E-state index >= 15 is 0 Å². The maximum Gasteiger partial charge on any atom is 0.221 e. The standard InChI is InChI=1S/C14H19FN2O3S.ClH/c15-11-8-12(16-9-11)10-17-14(18)6-7-21(19,20)13-4-2-1-3-5-13;/h1-5,11-12,16H,6-10H2,(H,17,18);1H/t11-,12-;/m0./s1. The Morgan fingerprint density at radius 1 is 1.32 bits per heavy atom. The van der Waals surface area contributed by atoms with Gasteiger partial charge in [0.25, 0.3) is 0 Å². The smallest absolute Gasteiger partial charge is 0.221 e. The Morgan fingerprint density at radius 2 is 2.00 bits per heavy atom. The number of halogens is 2. The third kappa shape index (κ3) is 5.55. The highest BCUT2D eigenvalue weighted by Crippen LogP contribution is 2.11. The lowest BCUT2D eigenvalue weighted by atomic mass is 10.2. The summed E-state index contributed by atoms with van der Waals surface area (Å²) in [6, 6.07) is 7.97. The van der Waals surface area contributed by atoms with E-state index in [0.717, 1.165) is 0 Å². The van der Waals surface area contributed by atoms with E-state index in [4.69, 9.17) is 0 Å². The van der Waals surface area contributed by atoms with Gasteiger partial charge in [-0.1, -0.05) is 18.2 Å². The van der Waals surface area contributed by atoms with Gasteiger partial charge in [-0.25, -0.2) is 12.8 Å². The summed E-state index contributed by atoms with van der Waals surface area (Å²) in [6.45, 7) is 0.633. The molecule has 0 aliphatic carbocycles. The van der Waals surface area contributed by atoms with Gasteiger partial charge < -0.3 is 10.6 Å². The molecule has 2 atom stereocenters. The third-order valence-electron chi connectivity index (χ3n) is 3.41. The van der Waals surface area contributed by atoms with Crippen molar-refractivity contribution in [3.8, 4) is 0 Å². The van der Waals surface area contributed by atoms with E-state index in [1.54, 1.807) is 18.2 Å². The van der Waals surface area contributed by atoms with E-state index in [-0.39, 0.29) is 41.4 Å². The van der Waals surface area contributed by atoms with Gasteiger partial charge in [0.1, 0.15) is 6.17 Å². The predicted octanol–water partition coefficient (Wildman–Crippen LogP) is 1.09. The second-order valence-corrected chi connectivity index (χ2v) is 7.23. The fraction of sp³-hybridized carbons (Fsp3) is 0.500. The van der Waals surface area contributed by atoms with Gasteiger partial charge in [-0.05, 0) is 18.6 Å². The number of sulfone groups is 1. The van der Waals surface area contributed by atoms with Crippen LogP contribution in [0.25, 0.3) is 0 Å². The highest BCUT2D eigenvalue weighted by Gasteiger charge is 2.24. The lowest BCUT2D eigenvalue weighted by Gasteiger charge is -2.11. The summed E-state index contributed by atoms with van der Waals surface area (Å²) in [5.41, 5.74) is 0. The zero-order valence-corrected chi connectivity index (χ0v) is 13.6. The molecule has 0 unspecified atom stereocenters. The zero-order valence-electron chi connectivity index (χ0n) is 12.0. The minimum Gasteiger partial charge on any atom is -0.355 e. The molecule has 5 nitrogen and oxygen atoms in total. The number of nitrogens with one attached hydrogen (secondary N) is 2. The first-order valence-corrected chi connectivity index (χ1v) is 8.54. The van der Waals surface area contributed by atoms with Crippen LogP contribution in [-0.4, -0.2) is 45.4 Å². The quantitative estimate of drug-likeness (QED) is 0.805. The van der Waals surface area contributed by atoms with Crippen molar-refractivity contribution >= 4 is 28.2 Å². The van der Waals surface area contributed by atoms with Gasteiger partial charge in [0.15, 0.2) is 9.84 Å². The molecule has 0 spiro atoms. The molecule has 1 aromatic carbocycles. The SMILES string of the molecule is Cl.O=C(CCS(=O)(=O)c1ccccc1)NC[C@@H]1C[C@H](F)CN1. The topological polar surface area (TPSA) is 75.3 Å². The van der Waals surface area contributed by atoms with Crippen LogP contribution < -0.4 is 10.6 Å². The van der Waals surface area contributed by atoms with Crippen molar-refractivity contribution in [1.29, 1.82) is 0 Å². The molecular formula is C14H20ClFN2O3S. The molecule has 22 heavy (non-hydrogen) atoms. The molecule has 0 saturated carbocycles. The molecule has 0 aromatic heterocycles. The van der Waals surface area contributed by atoms with Gasteiger partial charge in [0.05, 0.1) is 10.6 Å². The largest absolute Gasteiger partial charge is 0.355 e. The Morgan fingerprint density at radius 3 is 2.59 bits per heavy atom. The minimum atomic E-state index is -3.44. The Kier molecular flexibility index (Phi) is 7.25. The van der Waals surface area contributed by atoms with Crippen LogP contribution in [0.4, 0.5) is 4.39 Å². The Hall–Kier alpha value is -1.18. The first-order valence-electron chi connectivity index (χ1n) is 6.89.